The molecular formula is C9H14ClNO3S2. The lowest BCUT2D eigenvalue weighted by atomic mass is 10.0. The maximum Gasteiger partial charge on any atom is 0.250 e. The zero-order chi connectivity index (χ0) is 12.4. The Balaban J connectivity index is 2.88. The molecule has 0 saturated carbocycles. The molecule has 1 heterocycles. The molecule has 0 saturated heterocycles. The fourth-order valence-corrected chi connectivity index (χ4v) is 4.11. The van der Waals surface area contributed by atoms with Crippen LogP contribution in [0.25, 0.3) is 0 Å². The molecule has 16 heavy (non-hydrogen) atoms. The number of hydrogen-bond acceptors (Lipinski definition) is 4. The predicted molar refractivity (Wildman–Crippen MR) is 65.4 cm³/mol. The molecule has 1 rings (SSSR count). The van der Waals surface area contributed by atoms with E-state index in [9.17, 15) is 8.42 Å². The molecule has 0 aliphatic heterocycles. The van der Waals surface area contributed by atoms with Crippen LogP contribution in [0.2, 0.25) is 4.34 Å². The van der Waals surface area contributed by atoms with E-state index in [-0.39, 0.29) is 10.8 Å². The van der Waals surface area contributed by atoms with Crippen LogP contribution in [-0.4, -0.2) is 25.7 Å². The Bertz CT molecular complexity index is 453. The molecule has 4 nitrogen and oxygen atoms in total. The fraction of sp³-hybridized carbons (Fsp3) is 0.556. The van der Waals surface area contributed by atoms with Crippen LogP contribution < -0.4 is 4.72 Å². The van der Waals surface area contributed by atoms with Crippen LogP contribution in [0, 0.1) is 0 Å². The van der Waals surface area contributed by atoms with Crippen LogP contribution in [0.1, 0.15) is 20.3 Å². The van der Waals surface area contributed by atoms with Gasteiger partial charge in [0.1, 0.15) is 4.21 Å². The van der Waals surface area contributed by atoms with Gasteiger partial charge in [-0.3, -0.25) is 0 Å². The molecule has 0 fully saturated rings. The van der Waals surface area contributed by atoms with Crippen molar-refractivity contribution in [3.63, 3.8) is 0 Å². The van der Waals surface area contributed by atoms with Crippen molar-refractivity contribution in [2.75, 3.05) is 6.61 Å². The van der Waals surface area contributed by atoms with Gasteiger partial charge in [-0.05, 0) is 32.4 Å². The number of thiophene rings is 1. The van der Waals surface area contributed by atoms with Crippen LogP contribution in [0.3, 0.4) is 0 Å². The highest BCUT2D eigenvalue weighted by Crippen LogP contribution is 2.26. The number of sulfonamides is 1. The van der Waals surface area contributed by atoms with E-state index < -0.39 is 15.6 Å². The first-order valence-electron chi connectivity index (χ1n) is 4.67. The van der Waals surface area contributed by atoms with Crippen LogP contribution in [-0.2, 0) is 10.0 Å². The molecule has 0 aliphatic rings. The highest BCUT2D eigenvalue weighted by molar-refractivity contribution is 7.91. The van der Waals surface area contributed by atoms with Gasteiger partial charge in [-0.15, -0.1) is 11.3 Å². The van der Waals surface area contributed by atoms with Crippen LogP contribution in [0.15, 0.2) is 16.3 Å². The summed E-state index contributed by atoms with van der Waals surface area (Å²) in [5.41, 5.74) is -0.677. The van der Waals surface area contributed by atoms with E-state index in [2.05, 4.69) is 4.72 Å². The van der Waals surface area contributed by atoms with Gasteiger partial charge in [0.25, 0.3) is 10.0 Å². The summed E-state index contributed by atoms with van der Waals surface area (Å²) in [7, 11) is -3.55. The molecule has 1 aromatic rings. The molecule has 92 valence electrons. The average molecular weight is 284 g/mol. The first-order valence-corrected chi connectivity index (χ1v) is 7.35. The number of nitrogens with one attached hydrogen (secondary N) is 1. The molecular weight excluding hydrogens is 270 g/mol. The van der Waals surface area contributed by atoms with Crippen LogP contribution >= 0.6 is 22.9 Å². The largest absolute Gasteiger partial charge is 0.396 e. The Morgan fingerprint density at radius 1 is 1.50 bits per heavy atom. The highest BCUT2D eigenvalue weighted by atomic mass is 35.5. The zero-order valence-corrected chi connectivity index (χ0v) is 11.4. The third kappa shape index (κ3) is 3.71. The zero-order valence-electron chi connectivity index (χ0n) is 9.03. The minimum Gasteiger partial charge on any atom is -0.396 e. The Morgan fingerprint density at radius 3 is 2.56 bits per heavy atom. The maximum atomic E-state index is 11.9. The van der Waals surface area contributed by atoms with Crippen molar-refractivity contribution in [1.82, 2.24) is 4.72 Å². The second-order valence-electron chi connectivity index (χ2n) is 4.02. The maximum absolute atomic E-state index is 11.9. The van der Waals surface area contributed by atoms with Gasteiger partial charge >= 0.3 is 0 Å². The summed E-state index contributed by atoms with van der Waals surface area (Å²) in [5, 5.41) is 8.82. The number of aliphatic hydroxyl groups is 1. The second-order valence-corrected chi connectivity index (χ2v) is 7.65. The number of halogens is 1. The average Bonchev–Trinajstić information content (AvgIpc) is 2.49. The topological polar surface area (TPSA) is 66.4 Å². The van der Waals surface area contributed by atoms with Crippen molar-refractivity contribution in [2.45, 2.75) is 30.0 Å². The highest BCUT2D eigenvalue weighted by Gasteiger charge is 2.26. The quantitative estimate of drug-likeness (QED) is 0.866. The predicted octanol–water partition coefficient (Wildman–Crippen LogP) is 1.84. The first-order chi connectivity index (χ1) is 7.27. The summed E-state index contributed by atoms with van der Waals surface area (Å²) in [4.78, 5) is 0. The van der Waals surface area contributed by atoms with E-state index in [0.29, 0.717) is 10.8 Å². The number of rotatable bonds is 5. The Kier molecular flexibility index (Phi) is 4.36. The van der Waals surface area contributed by atoms with Gasteiger partial charge in [0, 0.05) is 12.1 Å². The summed E-state index contributed by atoms with van der Waals surface area (Å²) in [5.74, 6) is 0. The van der Waals surface area contributed by atoms with Crippen molar-refractivity contribution >= 4 is 33.0 Å². The summed E-state index contributed by atoms with van der Waals surface area (Å²) < 4.78 is 26.9. The van der Waals surface area contributed by atoms with Crippen LogP contribution in [0.5, 0.6) is 0 Å². The van der Waals surface area contributed by atoms with Gasteiger partial charge in [-0.2, -0.15) is 0 Å². The first kappa shape index (κ1) is 13.9. The summed E-state index contributed by atoms with van der Waals surface area (Å²) >= 11 is 6.69. The van der Waals surface area contributed by atoms with Gasteiger partial charge < -0.3 is 5.11 Å². The number of hydrogen-bond donors (Lipinski definition) is 2. The van der Waals surface area contributed by atoms with Gasteiger partial charge in [0.2, 0.25) is 0 Å². The van der Waals surface area contributed by atoms with Crippen molar-refractivity contribution < 1.29 is 13.5 Å². The minimum atomic E-state index is -3.55. The van der Waals surface area contributed by atoms with E-state index in [0.717, 1.165) is 11.3 Å². The molecule has 7 heteroatoms. The summed E-state index contributed by atoms with van der Waals surface area (Å²) in [6, 6.07) is 3.00. The molecule has 0 aromatic carbocycles. The van der Waals surface area contributed by atoms with Gasteiger partial charge in [0.05, 0.1) is 4.34 Å². The third-order valence-corrected chi connectivity index (χ3v) is 5.38. The molecule has 0 atom stereocenters. The van der Waals surface area contributed by atoms with E-state index in [1.807, 2.05) is 0 Å². The Hall–Kier alpha value is -0.140. The Morgan fingerprint density at radius 2 is 2.12 bits per heavy atom. The van der Waals surface area contributed by atoms with E-state index in [1.165, 1.54) is 6.07 Å². The lowest BCUT2D eigenvalue weighted by Crippen LogP contribution is -2.43. The van der Waals surface area contributed by atoms with Gasteiger partial charge in [-0.25, -0.2) is 13.1 Å². The van der Waals surface area contributed by atoms with Crippen molar-refractivity contribution in [2.24, 2.45) is 0 Å². The smallest absolute Gasteiger partial charge is 0.250 e. The van der Waals surface area contributed by atoms with Gasteiger partial charge in [0.15, 0.2) is 0 Å². The fourth-order valence-electron chi connectivity index (χ4n) is 1.19. The molecule has 0 bridgehead atoms. The molecule has 1 aromatic heterocycles. The van der Waals surface area contributed by atoms with Crippen molar-refractivity contribution in [3.05, 3.63) is 16.5 Å². The summed E-state index contributed by atoms with van der Waals surface area (Å²) in [6.07, 6.45) is 0.353. The summed E-state index contributed by atoms with van der Waals surface area (Å²) in [6.45, 7) is 3.37. The molecule has 0 spiro atoms. The SMILES string of the molecule is CC(C)(CCO)NS(=O)(=O)c1ccc(Cl)s1. The molecule has 0 aliphatic carbocycles. The van der Waals surface area contributed by atoms with E-state index in [1.54, 1.807) is 19.9 Å². The lowest BCUT2D eigenvalue weighted by Gasteiger charge is -2.24. The third-order valence-electron chi connectivity index (χ3n) is 1.96. The second kappa shape index (κ2) is 5.01. The standard InChI is InChI=1S/C9H14ClNO3S2/c1-9(2,5-6-12)11-16(13,14)8-4-3-7(10)15-8/h3-4,11-12H,5-6H2,1-2H3. The van der Waals surface area contributed by atoms with Crippen LogP contribution in [0.4, 0.5) is 0 Å². The normalized spacial score (nSPS) is 13.0. The van der Waals surface area contributed by atoms with Crippen molar-refractivity contribution in [1.29, 1.82) is 0 Å². The lowest BCUT2D eigenvalue weighted by molar-refractivity contribution is 0.246. The monoisotopic (exact) mass is 283 g/mol. The van der Waals surface area contributed by atoms with E-state index in [4.69, 9.17) is 16.7 Å². The molecule has 0 amide bonds. The molecule has 2 N–H and O–H groups in total. The van der Waals surface area contributed by atoms with Crippen molar-refractivity contribution in [3.8, 4) is 0 Å². The van der Waals surface area contributed by atoms with E-state index >= 15 is 0 Å². The molecule has 0 unspecified atom stereocenters. The minimum absolute atomic E-state index is 0.0687. The molecule has 0 radical (unpaired) electrons. The Labute approximate surface area is 104 Å². The van der Waals surface area contributed by atoms with Gasteiger partial charge in [-0.1, -0.05) is 11.6 Å². The number of aliphatic hydroxyl groups excluding tert-OH is 1.